The highest BCUT2D eigenvalue weighted by Gasteiger charge is 2.46. The zero-order valence-corrected chi connectivity index (χ0v) is 29.9. The predicted molar refractivity (Wildman–Crippen MR) is 183 cm³/mol. The van der Waals surface area contributed by atoms with E-state index >= 15 is 0 Å². The summed E-state index contributed by atoms with van der Waals surface area (Å²) in [4.78, 5) is 83.6. The Morgan fingerprint density at radius 2 is 1.67 bits per heavy atom. The number of amides is 6. The summed E-state index contributed by atoms with van der Waals surface area (Å²) in [5.41, 5.74) is -0.0690. The van der Waals surface area contributed by atoms with Crippen molar-refractivity contribution in [3.05, 3.63) is 11.6 Å². The van der Waals surface area contributed by atoms with Gasteiger partial charge in [0.05, 0.1) is 12.1 Å². The van der Waals surface area contributed by atoms with Crippen molar-refractivity contribution in [1.29, 1.82) is 0 Å². The summed E-state index contributed by atoms with van der Waals surface area (Å²) in [5, 5.41) is 11.6. The molecular formula is C36H58N6O6. The molecule has 0 bridgehead atoms. The maximum Gasteiger partial charge on any atom is 0.315 e. The van der Waals surface area contributed by atoms with Crippen LogP contribution in [0.5, 0.6) is 0 Å². The van der Waals surface area contributed by atoms with Gasteiger partial charge in [-0.2, -0.15) is 0 Å². The molecule has 48 heavy (non-hydrogen) atoms. The number of rotatable bonds is 13. The molecule has 2 aliphatic carbocycles. The molecule has 3 fully saturated rings. The third-order valence-electron chi connectivity index (χ3n) is 10.5. The summed E-state index contributed by atoms with van der Waals surface area (Å²) in [6, 6.07) is -3.70. The van der Waals surface area contributed by atoms with E-state index in [-0.39, 0.29) is 35.9 Å². The molecule has 2 heterocycles. The number of carbonyl (C=O) groups is 6. The Bertz CT molecular complexity index is 1260. The topological polar surface area (TPSA) is 157 Å². The van der Waals surface area contributed by atoms with E-state index in [9.17, 15) is 28.8 Å². The summed E-state index contributed by atoms with van der Waals surface area (Å²) in [7, 11) is 0. The average molecular weight is 671 g/mol. The molecule has 4 aliphatic rings. The molecule has 0 aromatic rings. The molecule has 0 radical (unpaired) electrons. The van der Waals surface area contributed by atoms with Crippen LogP contribution in [0.1, 0.15) is 119 Å². The number of piperidine rings is 1. The van der Waals surface area contributed by atoms with Crippen LogP contribution in [0.4, 0.5) is 4.79 Å². The molecule has 12 heteroatoms. The number of hydrogen-bond donors (Lipinski definition) is 4. The van der Waals surface area contributed by atoms with Crippen molar-refractivity contribution < 1.29 is 28.8 Å². The Morgan fingerprint density at radius 1 is 0.979 bits per heavy atom. The van der Waals surface area contributed by atoms with Crippen LogP contribution in [0.25, 0.3) is 0 Å². The molecule has 1 unspecified atom stereocenters. The SMILES string of the molecule is CCCC(NC(=O)[C@@H]1C=C(C)CN1C(=O)[C@@H](NC(=O)N[C@H](CN1CCCCC1=O)C(C)(C)C)C1(C)CCCCC1)C(=O)C(=O)NC1CC1. The number of likely N-dealkylation sites (tertiary alicyclic amines) is 1. The first-order valence-corrected chi connectivity index (χ1v) is 18.1. The van der Waals surface area contributed by atoms with Gasteiger partial charge >= 0.3 is 6.03 Å². The fourth-order valence-electron chi connectivity index (χ4n) is 7.16. The molecule has 0 aromatic carbocycles. The van der Waals surface area contributed by atoms with Crippen LogP contribution in [0.2, 0.25) is 0 Å². The van der Waals surface area contributed by atoms with Crippen molar-refractivity contribution in [3.8, 4) is 0 Å². The minimum absolute atomic E-state index is 0.0154. The monoisotopic (exact) mass is 670 g/mol. The van der Waals surface area contributed by atoms with Crippen molar-refractivity contribution in [2.24, 2.45) is 10.8 Å². The highest BCUT2D eigenvalue weighted by atomic mass is 16.2. The van der Waals surface area contributed by atoms with Crippen molar-refractivity contribution >= 4 is 35.4 Å². The van der Waals surface area contributed by atoms with Crippen LogP contribution in [-0.4, -0.2) is 95.1 Å². The first-order chi connectivity index (χ1) is 22.6. The van der Waals surface area contributed by atoms with Gasteiger partial charge in [0.2, 0.25) is 23.5 Å². The fourth-order valence-corrected chi connectivity index (χ4v) is 7.16. The summed E-state index contributed by atoms with van der Waals surface area (Å²) < 4.78 is 0. The zero-order chi connectivity index (χ0) is 35.2. The van der Waals surface area contributed by atoms with Crippen LogP contribution in [0, 0.1) is 10.8 Å². The largest absolute Gasteiger partial charge is 0.347 e. The number of carbonyl (C=O) groups excluding carboxylic acids is 6. The highest BCUT2D eigenvalue weighted by molar-refractivity contribution is 6.38. The van der Waals surface area contributed by atoms with Gasteiger partial charge in [0.25, 0.3) is 5.91 Å². The fraction of sp³-hybridized carbons (Fsp3) is 0.778. The third kappa shape index (κ3) is 9.59. The maximum absolute atomic E-state index is 14.6. The molecular weight excluding hydrogens is 612 g/mol. The van der Waals surface area contributed by atoms with Crippen LogP contribution in [0.3, 0.4) is 0 Å². The third-order valence-corrected chi connectivity index (χ3v) is 10.5. The van der Waals surface area contributed by atoms with E-state index < -0.39 is 47.2 Å². The molecule has 0 spiro atoms. The summed E-state index contributed by atoms with van der Waals surface area (Å²) >= 11 is 0. The smallest absolute Gasteiger partial charge is 0.315 e. The number of nitrogens with one attached hydrogen (secondary N) is 4. The zero-order valence-electron chi connectivity index (χ0n) is 29.9. The van der Waals surface area contributed by atoms with Crippen LogP contribution in [0.15, 0.2) is 11.6 Å². The Hall–Kier alpha value is -3.44. The first-order valence-electron chi connectivity index (χ1n) is 18.1. The number of ketones is 1. The molecule has 6 amide bonds. The lowest BCUT2D eigenvalue weighted by atomic mass is 9.70. The second-order valence-electron chi connectivity index (χ2n) is 15.9. The Balaban J connectivity index is 1.52. The van der Waals surface area contributed by atoms with Gasteiger partial charge < -0.3 is 31.1 Å². The van der Waals surface area contributed by atoms with Crippen LogP contribution < -0.4 is 21.3 Å². The maximum atomic E-state index is 14.6. The minimum Gasteiger partial charge on any atom is -0.347 e. The van der Waals surface area contributed by atoms with Crippen LogP contribution in [-0.2, 0) is 24.0 Å². The first kappa shape index (κ1) is 37.4. The molecule has 4 rings (SSSR count). The Labute approximate surface area is 285 Å². The van der Waals surface area contributed by atoms with Crippen molar-refractivity contribution in [2.75, 3.05) is 19.6 Å². The second-order valence-corrected chi connectivity index (χ2v) is 15.9. The number of hydrogen-bond acceptors (Lipinski definition) is 6. The lowest BCUT2D eigenvalue weighted by Gasteiger charge is -2.43. The summed E-state index contributed by atoms with van der Waals surface area (Å²) in [5.74, 6) is -2.17. The predicted octanol–water partition coefficient (Wildman–Crippen LogP) is 3.34. The van der Waals surface area contributed by atoms with Crippen molar-refractivity contribution in [3.63, 3.8) is 0 Å². The quantitative estimate of drug-likeness (QED) is 0.174. The summed E-state index contributed by atoms with van der Waals surface area (Å²) in [6.07, 6.45) is 11.0. The molecule has 2 saturated carbocycles. The van der Waals surface area contributed by atoms with Gasteiger partial charge in [-0.15, -0.1) is 0 Å². The lowest BCUT2D eigenvalue weighted by molar-refractivity contribution is -0.144. The minimum atomic E-state index is -0.996. The molecule has 268 valence electrons. The van der Waals surface area contributed by atoms with E-state index in [4.69, 9.17) is 0 Å². The Kier molecular flexibility index (Phi) is 12.3. The van der Waals surface area contributed by atoms with E-state index in [1.54, 1.807) is 6.08 Å². The van der Waals surface area contributed by atoms with E-state index in [2.05, 4.69) is 21.3 Å². The van der Waals surface area contributed by atoms with Gasteiger partial charge in [0.1, 0.15) is 12.1 Å². The Morgan fingerprint density at radius 3 is 2.27 bits per heavy atom. The highest BCUT2D eigenvalue weighted by Crippen LogP contribution is 2.40. The van der Waals surface area contributed by atoms with E-state index in [0.717, 1.165) is 63.4 Å². The van der Waals surface area contributed by atoms with Gasteiger partial charge in [-0.25, -0.2) is 4.79 Å². The summed E-state index contributed by atoms with van der Waals surface area (Å²) in [6.45, 7) is 13.1. The molecule has 12 nitrogen and oxygen atoms in total. The van der Waals surface area contributed by atoms with Gasteiger partial charge in [-0.1, -0.05) is 72.0 Å². The van der Waals surface area contributed by atoms with E-state index in [0.29, 0.717) is 32.4 Å². The average Bonchev–Trinajstić information content (AvgIpc) is 3.76. The second kappa shape index (κ2) is 15.8. The normalized spacial score (nSPS) is 23.0. The number of Topliss-reactive ketones (excluding diaryl/α,β-unsaturated/α-hetero) is 1. The van der Waals surface area contributed by atoms with Gasteiger partial charge in [-0.3, -0.25) is 24.0 Å². The van der Waals surface area contributed by atoms with Crippen molar-refractivity contribution in [1.82, 2.24) is 31.1 Å². The molecule has 4 N–H and O–H groups in total. The van der Waals surface area contributed by atoms with Crippen LogP contribution >= 0.6 is 0 Å². The molecule has 2 aliphatic heterocycles. The van der Waals surface area contributed by atoms with Gasteiger partial charge in [0.15, 0.2) is 0 Å². The number of nitrogens with zero attached hydrogens (tertiary/aromatic N) is 2. The standard InChI is InChI=1S/C36H58N6O6/c1-7-13-25(29(44)32(46)37-24-15-16-24)38-31(45)26-20-23(2)21-42(26)33(47)30(36(6)17-10-8-11-18-36)40-34(48)39-27(35(3,4)5)22-41-19-12-9-14-28(41)43/h20,24-27,30H,7-19,21-22H2,1-6H3,(H,37,46)(H,38,45)(H2,39,40,48)/t25?,26-,27+,30+/m0/s1. The van der Waals surface area contributed by atoms with Gasteiger partial charge in [-0.05, 0) is 62.7 Å². The van der Waals surface area contributed by atoms with E-state index in [1.807, 2.05) is 46.4 Å². The molecule has 0 aromatic heterocycles. The number of urea groups is 1. The molecule has 1 saturated heterocycles. The van der Waals surface area contributed by atoms with Crippen molar-refractivity contribution in [2.45, 2.75) is 149 Å². The van der Waals surface area contributed by atoms with Gasteiger partial charge in [0, 0.05) is 32.1 Å². The lowest BCUT2D eigenvalue weighted by Crippen LogP contribution is -2.63. The molecule has 4 atom stereocenters. The van der Waals surface area contributed by atoms with E-state index in [1.165, 1.54) is 4.90 Å².